The van der Waals surface area contributed by atoms with Crippen LogP contribution in [-0.4, -0.2) is 55.7 Å². The van der Waals surface area contributed by atoms with Crippen LogP contribution in [0.3, 0.4) is 0 Å². The number of carboxylic acids is 1. The maximum absolute atomic E-state index is 12.1. The van der Waals surface area contributed by atoms with Crippen LogP contribution in [0.15, 0.2) is 24.3 Å². The second-order valence-corrected chi connectivity index (χ2v) is 6.92. The lowest BCUT2D eigenvalue weighted by Gasteiger charge is -2.19. The van der Waals surface area contributed by atoms with Crippen molar-refractivity contribution < 1.29 is 27.9 Å². The van der Waals surface area contributed by atoms with Crippen molar-refractivity contribution >= 4 is 21.9 Å². The fourth-order valence-electron chi connectivity index (χ4n) is 2.16. The number of carbonyl (C=O) groups is 2. The van der Waals surface area contributed by atoms with Gasteiger partial charge in [-0.15, -0.1) is 0 Å². The summed E-state index contributed by atoms with van der Waals surface area (Å²) >= 11 is 0. The molecule has 0 bridgehead atoms. The summed E-state index contributed by atoms with van der Waals surface area (Å²) in [7, 11) is -2.30. The van der Waals surface area contributed by atoms with Crippen molar-refractivity contribution in [1.29, 1.82) is 0 Å². The van der Waals surface area contributed by atoms with Gasteiger partial charge in [-0.25, -0.2) is 17.5 Å². The Hall–Kier alpha value is -2.13. The Morgan fingerprint density at radius 2 is 1.75 bits per heavy atom. The zero-order chi connectivity index (χ0) is 18.3. The van der Waals surface area contributed by atoms with Crippen LogP contribution in [-0.2, 0) is 19.6 Å². The Kier molecular flexibility index (Phi) is 7.18. The van der Waals surface area contributed by atoms with Crippen molar-refractivity contribution in [3.8, 4) is 5.75 Å². The molecule has 1 atom stereocenters. The van der Waals surface area contributed by atoms with Crippen LogP contribution in [0.5, 0.6) is 5.75 Å². The SMILES string of the molecule is CCN(CC)S(=O)(=O)CC(=O)NC(C(=O)O)c1ccc(OC)cc1. The van der Waals surface area contributed by atoms with Gasteiger partial charge in [-0.2, -0.15) is 0 Å². The highest BCUT2D eigenvalue weighted by Gasteiger charge is 2.27. The van der Waals surface area contributed by atoms with Crippen molar-refractivity contribution in [1.82, 2.24) is 9.62 Å². The minimum absolute atomic E-state index is 0.243. The van der Waals surface area contributed by atoms with Crippen molar-refractivity contribution in [2.24, 2.45) is 0 Å². The fraction of sp³-hybridized carbons (Fsp3) is 0.467. The predicted molar refractivity (Wildman–Crippen MR) is 88.2 cm³/mol. The van der Waals surface area contributed by atoms with E-state index in [0.29, 0.717) is 11.3 Å². The van der Waals surface area contributed by atoms with E-state index in [-0.39, 0.29) is 13.1 Å². The van der Waals surface area contributed by atoms with Crippen molar-refractivity contribution in [2.45, 2.75) is 19.9 Å². The largest absolute Gasteiger partial charge is 0.497 e. The lowest BCUT2D eigenvalue weighted by molar-refractivity contribution is -0.141. The Balaban J connectivity index is 2.88. The topological polar surface area (TPSA) is 113 Å². The highest BCUT2D eigenvalue weighted by atomic mass is 32.2. The monoisotopic (exact) mass is 358 g/mol. The van der Waals surface area contributed by atoms with E-state index in [4.69, 9.17) is 4.74 Å². The zero-order valence-electron chi connectivity index (χ0n) is 13.9. The molecule has 0 aliphatic rings. The summed E-state index contributed by atoms with van der Waals surface area (Å²) in [6.07, 6.45) is 0. The number of nitrogens with one attached hydrogen (secondary N) is 1. The van der Waals surface area contributed by atoms with Gasteiger partial charge in [-0.05, 0) is 17.7 Å². The molecular formula is C15H22N2O6S. The lowest BCUT2D eigenvalue weighted by atomic mass is 10.1. The lowest BCUT2D eigenvalue weighted by Crippen LogP contribution is -2.42. The first kappa shape index (κ1) is 19.9. The Labute approximate surface area is 141 Å². The number of benzene rings is 1. The van der Waals surface area contributed by atoms with Gasteiger partial charge in [-0.3, -0.25) is 4.79 Å². The van der Waals surface area contributed by atoms with E-state index in [1.54, 1.807) is 26.0 Å². The summed E-state index contributed by atoms with van der Waals surface area (Å²) in [5.41, 5.74) is 0.317. The van der Waals surface area contributed by atoms with Gasteiger partial charge in [0.1, 0.15) is 11.5 Å². The maximum atomic E-state index is 12.1. The number of nitrogens with zero attached hydrogens (tertiary/aromatic N) is 1. The number of ether oxygens (including phenoxy) is 1. The highest BCUT2D eigenvalue weighted by molar-refractivity contribution is 7.89. The molecule has 0 aromatic heterocycles. The molecule has 9 heteroatoms. The molecule has 8 nitrogen and oxygen atoms in total. The van der Waals surface area contributed by atoms with Crippen LogP contribution in [0.4, 0.5) is 0 Å². The number of carbonyl (C=O) groups excluding carboxylic acids is 1. The quantitative estimate of drug-likeness (QED) is 0.669. The number of sulfonamides is 1. The first-order chi connectivity index (χ1) is 11.2. The number of aliphatic carboxylic acids is 1. The Morgan fingerprint density at radius 1 is 1.21 bits per heavy atom. The second kappa shape index (κ2) is 8.65. The third-order valence-electron chi connectivity index (χ3n) is 3.41. The van der Waals surface area contributed by atoms with Gasteiger partial charge < -0.3 is 15.2 Å². The number of carboxylic acid groups (broad SMARTS) is 1. The summed E-state index contributed by atoms with van der Waals surface area (Å²) in [5, 5.41) is 11.5. The van der Waals surface area contributed by atoms with Gasteiger partial charge >= 0.3 is 5.97 Å². The molecule has 24 heavy (non-hydrogen) atoms. The highest BCUT2D eigenvalue weighted by Crippen LogP contribution is 2.18. The molecule has 0 saturated heterocycles. The number of amides is 1. The first-order valence-corrected chi connectivity index (χ1v) is 9.00. The van der Waals surface area contributed by atoms with E-state index < -0.39 is 33.7 Å². The average Bonchev–Trinajstić information content (AvgIpc) is 2.53. The Morgan fingerprint density at radius 3 is 2.17 bits per heavy atom. The average molecular weight is 358 g/mol. The Bertz CT molecular complexity index is 668. The smallest absolute Gasteiger partial charge is 0.330 e. The molecule has 0 spiro atoms. The summed E-state index contributed by atoms with van der Waals surface area (Å²) in [5.74, 6) is -2.41. The summed E-state index contributed by atoms with van der Waals surface area (Å²) < 4.78 is 30.3. The minimum Gasteiger partial charge on any atom is -0.497 e. The van der Waals surface area contributed by atoms with E-state index in [9.17, 15) is 23.1 Å². The number of hydrogen-bond donors (Lipinski definition) is 2. The molecule has 134 valence electrons. The molecule has 0 heterocycles. The van der Waals surface area contributed by atoms with Crippen LogP contribution >= 0.6 is 0 Å². The van der Waals surface area contributed by atoms with Crippen LogP contribution in [0.2, 0.25) is 0 Å². The third-order valence-corrected chi connectivity index (χ3v) is 5.34. The molecule has 1 amide bonds. The molecule has 0 fully saturated rings. The number of methoxy groups -OCH3 is 1. The van der Waals surface area contributed by atoms with Crippen molar-refractivity contribution in [3.63, 3.8) is 0 Å². The molecule has 1 aromatic rings. The molecule has 2 N–H and O–H groups in total. The molecule has 0 aliphatic heterocycles. The predicted octanol–water partition coefficient (Wildman–Crippen LogP) is 0.609. The maximum Gasteiger partial charge on any atom is 0.330 e. The van der Waals surface area contributed by atoms with Gasteiger partial charge in [0, 0.05) is 13.1 Å². The summed E-state index contributed by atoms with van der Waals surface area (Å²) in [6.45, 7) is 3.81. The molecule has 1 unspecified atom stereocenters. The van der Waals surface area contributed by atoms with Gasteiger partial charge in [-0.1, -0.05) is 26.0 Å². The zero-order valence-corrected chi connectivity index (χ0v) is 14.7. The molecule has 0 saturated carbocycles. The third kappa shape index (κ3) is 5.20. The molecule has 1 aromatic carbocycles. The van der Waals surface area contributed by atoms with Gasteiger partial charge in [0.05, 0.1) is 7.11 Å². The van der Waals surface area contributed by atoms with E-state index in [0.717, 1.165) is 4.31 Å². The number of rotatable bonds is 9. The number of hydrogen-bond acceptors (Lipinski definition) is 5. The normalized spacial score (nSPS) is 12.7. The first-order valence-electron chi connectivity index (χ1n) is 7.39. The second-order valence-electron chi connectivity index (χ2n) is 4.95. The van der Waals surface area contributed by atoms with E-state index in [1.165, 1.54) is 19.2 Å². The molecular weight excluding hydrogens is 336 g/mol. The summed E-state index contributed by atoms with van der Waals surface area (Å²) in [6, 6.07) is 4.78. The van der Waals surface area contributed by atoms with Crippen LogP contribution < -0.4 is 10.1 Å². The van der Waals surface area contributed by atoms with Gasteiger partial charge in [0.15, 0.2) is 6.04 Å². The minimum atomic E-state index is -3.78. The van der Waals surface area contributed by atoms with Crippen molar-refractivity contribution in [3.05, 3.63) is 29.8 Å². The van der Waals surface area contributed by atoms with E-state index >= 15 is 0 Å². The van der Waals surface area contributed by atoms with Crippen LogP contribution in [0.1, 0.15) is 25.5 Å². The van der Waals surface area contributed by atoms with Crippen molar-refractivity contribution in [2.75, 3.05) is 26.0 Å². The van der Waals surface area contributed by atoms with Gasteiger partial charge in [0.2, 0.25) is 15.9 Å². The fourth-order valence-corrected chi connectivity index (χ4v) is 3.54. The molecule has 0 radical (unpaired) electrons. The molecule has 1 rings (SSSR count). The van der Waals surface area contributed by atoms with Crippen LogP contribution in [0, 0.1) is 0 Å². The molecule has 0 aliphatic carbocycles. The van der Waals surface area contributed by atoms with E-state index in [2.05, 4.69) is 5.32 Å². The van der Waals surface area contributed by atoms with Crippen LogP contribution in [0.25, 0.3) is 0 Å². The standard InChI is InChI=1S/C15H22N2O6S/c1-4-17(5-2)24(21,22)10-13(18)16-14(15(19)20)11-6-8-12(23-3)9-7-11/h6-9,14H,4-5,10H2,1-3H3,(H,16,18)(H,19,20). The van der Waals surface area contributed by atoms with E-state index in [1.807, 2.05) is 0 Å². The van der Waals surface area contributed by atoms with Gasteiger partial charge in [0.25, 0.3) is 0 Å². The summed E-state index contributed by atoms with van der Waals surface area (Å²) in [4.78, 5) is 23.4.